The predicted molar refractivity (Wildman–Crippen MR) is 96.6 cm³/mol. The molecular formula is C20H27N3O2. The first-order chi connectivity index (χ1) is 12.2. The molecule has 5 heteroatoms. The third-order valence-corrected chi connectivity index (χ3v) is 5.26. The summed E-state index contributed by atoms with van der Waals surface area (Å²) in [5.74, 6) is 2.11. The average Bonchev–Trinajstić information content (AvgIpc) is 3.37. The molecule has 4 rings (SSSR count). The Hall–Kier alpha value is -1.85. The van der Waals surface area contributed by atoms with Gasteiger partial charge in [-0.2, -0.15) is 5.10 Å². The molecule has 1 saturated carbocycles. The van der Waals surface area contributed by atoms with Gasteiger partial charge in [0.1, 0.15) is 5.75 Å². The van der Waals surface area contributed by atoms with Crippen LogP contribution in [-0.4, -0.2) is 41.5 Å². The molecule has 2 aliphatic rings. The van der Waals surface area contributed by atoms with Crippen LogP contribution in [0.4, 0.5) is 0 Å². The lowest BCUT2D eigenvalue weighted by Gasteiger charge is -2.33. The van der Waals surface area contributed by atoms with Gasteiger partial charge in [-0.25, -0.2) is 0 Å². The van der Waals surface area contributed by atoms with Crippen LogP contribution < -0.4 is 4.74 Å². The summed E-state index contributed by atoms with van der Waals surface area (Å²) in [5.41, 5.74) is 4.00. The van der Waals surface area contributed by atoms with E-state index in [2.05, 4.69) is 22.1 Å². The molecule has 0 bridgehead atoms. The fourth-order valence-electron chi connectivity index (χ4n) is 3.75. The molecular weight excluding hydrogens is 314 g/mol. The van der Waals surface area contributed by atoms with E-state index >= 15 is 0 Å². The van der Waals surface area contributed by atoms with Crippen LogP contribution in [0.1, 0.15) is 35.6 Å². The van der Waals surface area contributed by atoms with E-state index in [9.17, 15) is 0 Å². The van der Waals surface area contributed by atoms with Crippen LogP contribution in [0, 0.1) is 5.92 Å². The first kappa shape index (κ1) is 16.6. The average molecular weight is 341 g/mol. The molecule has 1 unspecified atom stereocenters. The highest BCUT2D eigenvalue weighted by atomic mass is 16.5. The first-order valence-electron chi connectivity index (χ1n) is 9.16. The van der Waals surface area contributed by atoms with Gasteiger partial charge in [-0.15, -0.1) is 0 Å². The molecule has 1 atom stereocenters. The van der Waals surface area contributed by atoms with Crippen molar-refractivity contribution in [3.63, 3.8) is 0 Å². The third-order valence-electron chi connectivity index (χ3n) is 5.26. The van der Waals surface area contributed by atoms with E-state index in [-0.39, 0.29) is 0 Å². The van der Waals surface area contributed by atoms with Crippen molar-refractivity contribution in [1.29, 1.82) is 0 Å². The lowest BCUT2D eigenvalue weighted by molar-refractivity contribution is 0.0870. The minimum Gasteiger partial charge on any atom is -0.497 e. The standard InChI is InChI=1S/C20H27N3O2/c1-22-20-17(9-21-22)11-23(10-15-5-7-19(24-2)8-6-15)12-18(20)14-25-13-16-3-4-16/h5-9,16,18H,3-4,10-14H2,1-2H3. The lowest BCUT2D eigenvalue weighted by Crippen LogP contribution is -2.35. The van der Waals surface area contributed by atoms with Crippen molar-refractivity contribution in [2.75, 3.05) is 26.9 Å². The van der Waals surface area contributed by atoms with E-state index in [0.29, 0.717) is 5.92 Å². The monoisotopic (exact) mass is 341 g/mol. The lowest BCUT2D eigenvalue weighted by atomic mass is 9.96. The summed E-state index contributed by atoms with van der Waals surface area (Å²) in [6.45, 7) is 4.62. The zero-order chi connectivity index (χ0) is 17.2. The minimum absolute atomic E-state index is 0.397. The molecule has 1 fully saturated rings. The van der Waals surface area contributed by atoms with Crippen molar-refractivity contribution in [2.24, 2.45) is 13.0 Å². The summed E-state index contributed by atoms with van der Waals surface area (Å²) < 4.78 is 13.3. The second kappa shape index (κ2) is 7.18. The summed E-state index contributed by atoms with van der Waals surface area (Å²) in [6.07, 6.45) is 4.69. The van der Waals surface area contributed by atoms with E-state index in [0.717, 1.165) is 44.5 Å². The van der Waals surface area contributed by atoms with Crippen molar-refractivity contribution in [1.82, 2.24) is 14.7 Å². The Morgan fingerprint density at radius 1 is 1.16 bits per heavy atom. The normalized spacial score (nSPS) is 20.5. The fraction of sp³-hybridized carbons (Fsp3) is 0.550. The zero-order valence-corrected chi connectivity index (χ0v) is 15.1. The van der Waals surface area contributed by atoms with Crippen LogP contribution in [0.15, 0.2) is 30.5 Å². The van der Waals surface area contributed by atoms with E-state index in [1.807, 2.05) is 30.1 Å². The van der Waals surface area contributed by atoms with Gasteiger partial charge in [0, 0.05) is 50.5 Å². The molecule has 1 aromatic carbocycles. The van der Waals surface area contributed by atoms with Gasteiger partial charge in [0.2, 0.25) is 0 Å². The number of hydrogen-bond donors (Lipinski definition) is 0. The largest absolute Gasteiger partial charge is 0.497 e. The SMILES string of the molecule is COc1ccc(CN2Cc3cnn(C)c3C(COCC3CC3)C2)cc1. The number of nitrogens with zero attached hydrogens (tertiary/aromatic N) is 3. The number of aryl methyl sites for hydroxylation is 1. The Labute approximate surface area is 149 Å². The molecule has 1 aliphatic carbocycles. The number of methoxy groups -OCH3 is 1. The van der Waals surface area contributed by atoms with Crippen molar-refractivity contribution in [2.45, 2.75) is 31.8 Å². The molecule has 1 aromatic heterocycles. The second-order valence-electron chi connectivity index (χ2n) is 7.37. The maximum absolute atomic E-state index is 6.02. The highest BCUT2D eigenvalue weighted by molar-refractivity contribution is 5.29. The summed E-state index contributed by atoms with van der Waals surface area (Å²) >= 11 is 0. The third kappa shape index (κ3) is 3.88. The topological polar surface area (TPSA) is 39.5 Å². The summed E-state index contributed by atoms with van der Waals surface area (Å²) in [4.78, 5) is 2.50. The van der Waals surface area contributed by atoms with Gasteiger partial charge < -0.3 is 9.47 Å². The highest BCUT2D eigenvalue weighted by Crippen LogP contribution is 2.32. The number of hydrogen-bond acceptors (Lipinski definition) is 4. The molecule has 0 amide bonds. The van der Waals surface area contributed by atoms with E-state index in [1.54, 1.807) is 7.11 Å². The van der Waals surface area contributed by atoms with Gasteiger partial charge in [-0.1, -0.05) is 12.1 Å². The molecule has 2 aromatic rings. The van der Waals surface area contributed by atoms with Crippen LogP contribution in [0.3, 0.4) is 0 Å². The van der Waals surface area contributed by atoms with E-state index in [1.165, 1.54) is 29.7 Å². The molecule has 0 spiro atoms. The molecule has 0 saturated heterocycles. The number of aromatic nitrogens is 2. The molecule has 25 heavy (non-hydrogen) atoms. The van der Waals surface area contributed by atoms with Crippen LogP contribution in [0.25, 0.3) is 0 Å². The molecule has 134 valence electrons. The maximum atomic E-state index is 6.02. The van der Waals surface area contributed by atoms with Gasteiger partial charge in [0.25, 0.3) is 0 Å². The zero-order valence-electron chi connectivity index (χ0n) is 15.1. The smallest absolute Gasteiger partial charge is 0.118 e. The Morgan fingerprint density at radius 3 is 2.68 bits per heavy atom. The Balaban J connectivity index is 1.44. The Morgan fingerprint density at radius 2 is 1.96 bits per heavy atom. The summed E-state index contributed by atoms with van der Waals surface area (Å²) in [6, 6.07) is 8.36. The van der Waals surface area contributed by atoms with Gasteiger partial charge in [0.15, 0.2) is 0 Å². The molecule has 1 aliphatic heterocycles. The first-order valence-corrected chi connectivity index (χ1v) is 9.16. The highest BCUT2D eigenvalue weighted by Gasteiger charge is 2.29. The van der Waals surface area contributed by atoms with Gasteiger partial charge >= 0.3 is 0 Å². The van der Waals surface area contributed by atoms with Gasteiger partial charge in [0.05, 0.1) is 19.9 Å². The minimum atomic E-state index is 0.397. The summed E-state index contributed by atoms with van der Waals surface area (Å²) in [5, 5.41) is 4.49. The molecule has 2 heterocycles. The second-order valence-corrected chi connectivity index (χ2v) is 7.37. The molecule has 5 nitrogen and oxygen atoms in total. The van der Waals surface area contributed by atoms with Crippen molar-refractivity contribution < 1.29 is 9.47 Å². The predicted octanol–water partition coefficient (Wildman–Crippen LogP) is 2.95. The van der Waals surface area contributed by atoms with Crippen LogP contribution in [-0.2, 0) is 24.9 Å². The Kier molecular flexibility index (Phi) is 4.77. The van der Waals surface area contributed by atoms with Crippen molar-refractivity contribution >= 4 is 0 Å². The van der Waals surface area contributed by atoms with Crippen molar-refractivity contribution in [3.8, 4) is 5.75 Å². The molecule has 0 radical (unpaired) electrons. The van der Waals surface area contributed by atoms with E-state index in [4.69, 9.17) is 9.47 Å². The van der Waals surface area contributed by atoms with Gasteiger partial charge in [-0.3, -0.25) is 9.58 Å². The fourth-order valence-corrected chi connectivity index (χ4v) is 3.75. The van der Waals surface area contributed by atoms with Crippen LogP contribution >= 0.6 is 0 Å². The maximum Gasteiger partial charge on any atom is 0.118 e. The number of fused-ring (bicyclic) bond motifs is 1. The number of ether oxygens (including phenoxy) is 2. The van der Waals surface area contributed by atoms with Gasteiger partial charge in [-0.05, 0) is 36.5 Å². The number of rotatable bonds is 7. The van der Waals surface area contributed by atoms with E-state index < -0.39 is 0 Å². The van der Waals surface area contributed by atoms with Crippen LogP contribution in [0.2, 0.25) is 0 Å². The summed E-state index contributed by atoms with van der Waals surface area (Å²) in [7, 11) is 3.75. The van der Waals surface area contributed by atoms with Crippen molar-refractivity contribution in [3.05, 3.63) is 47.3 Å². The van der Waals surface area contributed by atoms with Crippen LogP contribution in [0.5, 0.6) is 5.75 Å². The quantitative estimate of drug-likeness (QED) is 0.776. The Bertz CT molecular complexity index is 706. The number of benzene rings is 1. The molecule has 0 N–H and O–H groups in total.